The number of hydrogen-bond donors (Lipinski definition) is 3. The van der Waals surface area contributed by atoms with Crippen LogP contribution in [0.5, 0.6) is 11.5 Å². The molecule has 31 heavy (non-hydrogen) atoms. The summed E-state index contributed by atoms with van der Waals surface area (Å²) in [5, 5.41) is 3.49. The molecule has 0 aliphatic carbocycles. The number of methoxy groups -OCH3 is 1. The minimum atomic E-state index is -0.482. The van der Waals surface area contributed by atoms with Crippen molar-refractivity contribution >= 4 is 62.2 Å². The standard InChI is InChI=1S/C21H20ClN3O4S2/c1-3-12-4-6-13(7-5-12)29-11-17(26)24-25-21(30)23-20(27)19-18(22)15-9-8-14(28-2)10-16(15)31-19/h4-10H,3,11H2,1-2H3,(H,24,26)(H2,23,25,27,30). The number of halogens is 1. The van der Waals surface area contributed by atoms with Gasteiger partial charge >= 0.3 is 0 Å². The predicted molar refractivity (Wildman–Crippen MR) is 126 cm³/mol. The summed E-state index contributed by atoms with van der Waals surface area (Å²) in [5.74, 6) is 0.312. The Morgan fingerprint density at radius 1 is 1.10 bits per heavy atom. The van der Waals surface area contributed by atoms with Crippen molar-refractivity contribution in [3.8, 4) is 11.5 Å². The lowest BCUT2D eigenvalue weighted by atomic mass is 10.2. The van der Waals surface area contributed by atoms with Gasteiger partial charge in [0.2, 0.25) is 0 Å². The Kier molecular flexibility index (Phi) is 7.67. The number of nitrogens with one attached hydrogen (secondary N) is 3. The van der Waals surface area contributed by atoms with E-state index in [-0.39, 0.29) is 11.7 Å². The second-order valence-electron chi connectivity index (χ2n) is 6.35. The van der Waals surface area contributed by atoms with Crippen LogP contribution in [-0.4, -0.2) is 30.6 Å². The first-order chi connectivity index (χ1) is 14.9. The second kappa shape index (κ2) is 10.4. The summed E-state index contributed by atoms with van der Waals surface area (Å²) in [6.45, 7) is 1.85. The van der Waals surface area contributed by atoms with Crippen LogP contribution in [-0.2, 0) is 11.2 Å². The summed E-state index contributed by atoms with van der Waals surface area (Å²) < 4.78 is 11.4. The number of hydrazine groups is 1. The molecule has 0 bridgehead atoms. The van der Waals surface area contributed by atoms with Crippen LogP contribution in [0, 0.1) is 0 Å². The van der Waals surface area contributed by atoms with Gasteiger partial charge in [0, 0.05) is 10.1 Å². The zero-order valence-corrected chi connectivity index (χ0v) is 19.2. The van der Waals surface area contributed by atoms with Crippen LogP contribution in [0.1, 0.15) is 22.2 Å². The highest BCUT2D eigenvalue weighted by Crippen LogP contribution is 2.37. The number of carbonyl (C=O) groups excluding carboxylic acids is 2. The number of fused-ring (bicyclic) bond motifs is 1. The Balaban J connectivity index is 1.49. The molecule has 1 aromatic heterocycles. The number of thiocarbonyl (C=S) groups is 1. The number of benzene rings is 2. The van der Waals surface area contributed by atoms with Crippen molar-refractivity contribution in [3.05, 3.63) is 57.9 Å². The van der Waals surface area contributed by atoms with Crippen molar-refractivity contribution in [2.24, 2.45) is 0 Å². The smallest absolute Gasteiger partial charge is 0.276 e. The Morgan fingerprint density at radius 3 is 2.48 bits per heavy atom. The summed E-state index contributed by atoms with van der Waals surface area (Å²) in [7, 11) is 1.56. The molecule has 3 rings (SSSR count). The molecule has 0 fully saturated rings. The zero-order chi connectivity index (χ0) is 22.4. The monoisotopic (exact) mass is 477 g/mol. The van der Waals surface area contributed by atoms with Gasteiger partial charge in [0.25, 0.3) is 11.8 Å². The third-order valence-corrected chi connectivity index (χ3v) is 6.15. The molecule has 2 amide bonds. The number of aryl methyl sites for hydroxylation is 1. The fourth-order valence-electron chi connectivity index (χ4n) is 2.64. The third-order valence-electron chi connectivity index (χ3n) is 4.29. The number of amides is 2. The van der Waals surface area contributed by atoms with Crippen LogP contribution in [0.3, 0.4) is 0 Å². The molecule has 0 aliphatic heterocycles. The normalized spacial score (nSPS) is 10.4. The van der Waals surface area contributed by atoms with Crippen molar-refractivity contribution in [3.63, 3.8) is 0 Å². The molecule has 0 atom stereocenters. The molecule has 10 heteroatoms. The first-order valence-electron chi connectivity index (χ1n) is 9.29. The Hall–Kier alpha value is -2.88. The van der Waals surface area contributed by atoms with Crippen molar-refractivity contribution in [2.45, 2.75) is 13.3 Å². The average Bonchev–Trinajstić information content (AvgIpc) is 3.12. The van der Waals surface area contributed by atoms with E-state index in [1.807, 2.05) is 12.1 Å². The van der Waals surface area contributed by atoms with E-state index in [9.17, 15) is 9.59 Å². The van der Waals surface area contributed by atoms with Crippen molar-refractivity contribution in [1.82, 2.24) is 16.2 Å². The molecule has 0 saturated heterocycles. The summed E-state index contributed by atoms with van der Waals surface area (Å²) in [6.07, 6.45) is 0.925. The number of thiophene rings is 1. The highest BCUT2D eigenvalue weighted by molar-refractivity contribution is 7.80. The van der Waals surface area contributed by atoms with Gasteiger partial charge in [0.05, 0.1) is 12.1 Å². The second-order valence-corrected chi connectivity index (χ2v) is 8.19. The van der Waals surface area contributed by atoms with Crippen LogP contribution < -0.4 is 25.6 Å². The molecular formula is C21H20ClN3O4S2. The van der Waals surface area contributed by atoms with Crippen LogP contribution in [0.25, 0.3) is 10.1 Å². The fraction of sp³-hybridized carbons (Fsp3) is 0.190. The highest BCUT2D eigenvalue weighted by Gasteiger charge is 2.18. The maximum Gasteiger partial charge on any atom is 0.276 e. The summed E-state index contributed by atoms with van der Waals surface area (Å²) >= 11 is 12.6. The quantitative estimate of drug-likeness (QED) is 0.369. The fourth-order valence-corrected chi connectivity index (χ4v) is 4.23. The van der Waals surface area contributed by atoms with Gasteiger partial charge in [-0.3, -0.25) is 25.8 Å². The molecule has 7 nitrogen and oxygen atoms in total. The molecule has 0 unspecified atom stereocenters. The first-order valence-corrected chi connectivity index (χ1v) is 10.9. The SMILES string of the molecule is CCc1ccc(OCC(=O)NNC(=S)NC(=O)c2sc3cc(OC)ccc3c2Cl)cc1. The minimum Gasteiger partial charge on any atom is -0.497 e. The molecule has 1 heterocycles. The average molecular weight is 478 g/mol. The summed E-state index contributed by atoms with van der Waals surface area (Å²) in [5.41, 5.74) is 6.02. The third kappa shape index (κ3) is 5.84. The molecule has 3 aromatic rings. The molecule has 0 saturated carbocycles. The van der Waals surface area contributed by atoms with E-state index in [1.54, 1.807) is 37.4 Å². The summed E-state index contributed by atoms with van der Waals surface area (Å²) in [6, 6.07) is 12.8. The number of rotatable bonds is 6. The van der Waals surface area contributed by atoms with Gasteiger partial charge in [0.15, 0.2) is 11.7 Å². The number of hydrogen-bond acceptors (Lipinski definition) is 6. The Bertz CT molecular complexity index is 1120. The molecule has 2 aromatic carbocycles. The number of carbonyl (C=O) groups is 2. The Labute approximate surface area is 193 Å². The maximum atomic E-state index is 12.5. The van der Waals surface area contributed by atoms with Crippen molar-refractivity contribution < 1.29 is 19.1 Å². The van der Waals surface area contributed by atoms with E-state index in [0.717, 1.165) is 16.5 Å². The van der Waals surface area contributed by atoms with E-state index < -0.39 is 11.8 Å². The zero-order valence-electron chi connectivity index (χ0n) is 16.8. The topological polar surface area (TPSA) is 88.7 Å². The van der Waals surface area contributed by atoms with E-state index in [1.165, 1.54) is 16.9 Å². The van der Waals surface area contributed by atoms with E-state index in [2.05, 4.69) is 23.1 Å². The van der Waals surface area contributed by atoms with E-state index in [0.29, 0.717) is 21.4 Å². The van der Waals surface area contributed by atoms with E-state index >= 15 is 0 Å². The van der Waals surface area contributed by atoms with Gasteiger partial charge < -0.3 is 9.47 Å². The highest BCUT2D eigenvalue weighted by atomic mass is 35.5. The van der Waals surface area contributed by atoms with Crippen LogP contribution in [0.4, 0.5) is 0 Å². The van der Waals surface area contributed by atoms with E-state index in [4.69, 9.17) is 33.3 Å². The van der Waals surface area contributed by atoms with Crippen LogP contribution in [0.15, 0.2) is 42.5 Å². The molecule has 0 radical (unpaired) electrons. The van der Waals surface area contributed by atoms with Gasteiger partial charge in [-0.15, -0.1) is 11.3 Å². The van der Waals surface area contributed by atoms with Gasteiger partial charge in [-0.05, 0) is 54.5 Å². The minimum absolute atomic E-state index is 0.0725. The molecule has 0 spiro atoms. The molecular weight excluding hydrogens is 458 g/mol. The maximum absolute atomic E-state index is 12.5. The first kappa shape index (κ1) is 22.8. The molecule has 3 N–H and O–H groups in total. The van der Waals surface area contributed by atoms with Crippen molar-refractivity contribution in [2.75, 3.05) is 13.7 Å². The van der Waals surface area contributed by atoms with Gasteiger partial charge in [-0.25, -0.2) is 0 Å². The lowest BCUT2D eigenvalue weighted by molar-refractivity contribution is -0.123. The van der Waals surface area contributed by atoms with Gasteiger partial charge in [-0.2, -0.15) is 0 Å². The predicted octanol–water partition coefficient (Wildman–Crippen LogP) is 3.84. The lowest BCUT2D eigenvalue weighted by Gasteiger charge is -2.11. The Morgan fingerprint density at radius 2 is 1.81 bits per heavy atom. The van der Waals surface area contributed by atoms with Crippen molar-refractivity contribution in [1.29, 1.82) is 0 Å². The largest absolute Gasteiger partial charge is 0.497 e. The van der Waals surface area contributed by atoms with Crippen LogP contribution >= 0.6 is 35.2 Å². The van der Waals surface area contributed by atoms with Gasteiger partial charge in [0.1, 0.15) is 16.4 Å². The lowest BCUT2D eigenvalue weighted by Crippen LogP contribution is -2.49. The van der Waals surface area contributed by atoms with Crippen LogP contribution in [0.2, 0.25) is 5.02 Å². The van der Waals surface area contributed by atoms with Gasteiger partial charge in [-0.1, -0.05) is 30.7 Å². The number of ether oxygens (including phenoxy) is 2. The molecule has 162 valence electrons. The molecule has 0 aliphatic rings. The summed E-state index contributed by atoms with van der Waals surface area (Å²) in [4.78, 5) is 24.8.